The Bertz CT molecular complexity index is 410. The van der Waals surface area contributed by atoms with E-state index >= 15 is 0 Å². The molecule has 1 rings (SSSR count). The van der Waals surface area contributed by atoms with Gasteiger partial charge in [-0.3, -0.25) is 14.7 Å². The van der Waals surface area contributed by atoms with Gasteiger partial charge >= 0.3 is 26.2 Å². The number of nitrogens with zero attached hydrogens (tertiary/aromatic N) is 3. The number of carboxylic acid groups (broad SMARTS) is 3. The van der Waals surface area contributed by atoms with E-state index in [9.17, 15) is 29.7 Å². The molecule has 1 heterocycles. The van der Waals surface area contributed by atoms with E-state index in [1.165, 1.54) is 0 Å². The summed E-state index contributed by atoms with van der Waals surface area (Å²) in [6.45, 7) is 2.65. The van der Waals surface area contributed by atoms with Gasteiger partial charge in [0.15, 0.2) is 0 Å². The van der Waals surface area contributed by atoms with Crippen LogP contribution in [-0.4, -0.2) is 131 Å². The summed E-state index contributed by atoms with van der Waals surface area (Å²) in [4.78, 5) is 37.4. The first-order valence-electron chi connectivity index (χ1n) is 7.84. The van der Waals surface area contributed by atoms with E-state index in [4.69, 9.17) is 0 Å². The second-order valence-corrected chi connectivity index (χ2v) is 5.69. The van der Waals surface area contributed by atoms with Crippen molar-refractivity contribution in [3.8, 4) is 0 Å². The molecule has 2 radical (unpaired) electrons. The summed E-state index contributed by atoms with van der Waals surface area (Å²) >= 11 is 0. The Labute approximate surface area is 165 Å². The van der Waals surface area contributed by atoms with Crippen LogP contribution in [0.1, 0.15) is 0 Å². The first-order valence-corrected chi connectivity index (χ1v) is 7.84. The topological polar surface area (TPSA) is 142 Å². The van der Waals surface area contributed by atoms with Crippen molar-refractivity contribution in [3.05, 3.63) is 0 Å². The monoisotopic (exact) mass is 552 g/mol. The molecule has 0 amide bonds. The molecule has 0 aliphatic carbocycles. The maximum Gasteiger partial charge on any atom is 3.00 e. The summed E-state index contributed by atoms with van der Waals surface area (Å²) in [6, 6.07) is 0. The van der Waals surface area contributed by atoms with Crippen LogP contribution >= 0.6 is 0 Å². The molecule has 1 aliphatic heterocycles. The standard InChI is InChI=1S/C14H26N4O6.Bi/c19-12(20)9-16-3-1-15-2-4-17(10-13(21)22)6-8-18(7-5-16)11-14(23)24;/h15H,1-11H2,(H,19,20)(H,21,22)(H,23,24);/q;+3/p-3. The van der Waals surface area contributed by atoms with Crippen molar-refractivity contribution >= 4 is 44.1 Å². The van der Waals surface area contributed by atoms with Gasteiger partial charge in [-0.25, -0.2) is 0 Å². The van der Waals surface area contributed by atoms with Crippen LogP contribution in [0.2, 0.25) is 0 Å². The Balaban J connectivity index is 0.00000576. The van der Waals surface area contributed by atoms with Crippen molar-refractivity contribution < 1.29 is 29.7 Å². The molecule has 0 unspecified atom stereocenters. The van der Waals surface area contributed by atoms with E-state index in [1.54, 1.807) is 14.7 Å². The van der Waals surface area contributed by atoms with E-state index in [2.05, 4.69) is 5.32 Å². The smallest absolute Gasteiger partial charge is 0.549 e. The minimum Gasteiger partial charge on any atom is -0.549 e. The molecule has 11 heteroatoms. The largest absolute Gasteiger partial charge is 3.00 e. The summed E-state index contributed by atoms with van der Waals surface area (Å²) in [5, 5.41) is 35.6. The number of carbonyl (C=O) groups excluding carboxylic acids is 3. The Kier molecular flexibility index (Phi) is 12.9. The van der Waals surface area contributed by atoms with Crippen molar-refractivity contribution in [1.82, 2.24) is 20.0 Å². The Morgan fingerprint density at radius 1 is 0.640 bits per heavy atom. The van der Waals surface area contributed by atoms with E-state index in [0.717, 1.165) is 0 Å². The molecule has 0 aromatic rings. The molecule has 0 aromatic heterocycles. The fourth-order valence-corrected chi connectivity index (χ4v) is 2.52. The van der Waals surface area contributed by atoms with Gasteiger partial charge in [-0.1, -0.05) is 0 Å². The number of hydrogen-bond donors (Lipinski definition) is 1. The molecule has 1 aliphatic rings. The quantitative estimate of drug-likeness (QED) is 0.316. The molecular weight excluding hydrogens is 529 g/mol. The van der Waals surface area contributed by atoms with E-state index in [1.807, 2.05) is 0 Å². The third-order valence-electron chi connectivity index (χ3n) is 3.73. The number of carbonyl (C=O) groups is 3. The number of aliphatic carboxylic acids is 3. The molecule has 0 bridgehead atoms. The summed E-state index contributed by atoms with van der Waals surface area (Å²) in [5.74, 6) is -3.61. The fourth-order valence-electron chi connectivity index (χ4n) is 2.52. The van der Waals surface area contributed by atoms with Crippen LogP contribution in [0.3, 0.4) is 0 Å². The van der Waals surface area contributed by atoms with Gasteiger partial charge in [-0.2, -0.15) is 0 Å². The zero-order valence-electron chi connectivity index (χ0n) is 14.0. The maximum absolute atomic E-state index is 10.9. The van der Waals surface area contributed by atoms with Gasteiger partial charge in [0.05, 0.1) is 17.9 Å². The van der Waals surface area contributed by atoms with Crippen molar-refractivity contribution in [3.63, 3.8) is 0 Å². The van der Waals surface area contributed by atoms with Crippen molar-refractivity contribution in [2.24, 2.45) is 0 Å². The summed E-state index contributed by atoms with van der Waals surface area (Å²) < 4.78 is 0. The van der Waals surface area contributed by atoms with E-state index in [0.29, 0.717) is 52.4 Å². The Morgan fingerprint density at radius 2 is 0.920 bits per heavy atom. The maximum atomic E-state index is 10.9. The Hall–Kier alpha value is -0.867. The van der Waals surface area contributed by atoms with Gasteiger partial charge in [0, 0.05) is 72.0 Å². The third kappa shape index (κ3) is 12.2. The number of hydrogen-bond acceptors (Lipinski definition) is 10. The zero-order chi connectivity index (χ0) is 17.9. The second-order valence-electron chi connectivity index (χ2n) is 5.69. The fraction of sp³-hybridized carbons (Fsp3) is 0.786. The van der Waals surface area contributed by atoms with Crippen LogP contribution in [0.25, 0.3) is 0 Å². The number of nitrogens with one attached hydrogen (secondary N) is 1. The third-order valence-corrected chi connectivity index (χ3v) is 3.73. The second kappa shape index (κ2) is 13.4. The average molecular weight is 552 g/mol. The van der Waals surface area contributed by atoms with Gasteiger partial charge in [-0.15, -0.1) is 0 Å². The minimum absolute atomic E-state index is 0. The van der Waals surface area contributed by atoms with Crippen molar-refractivity contribution in [2.75, 3.05) is 72.0 Å². The average Bonchev–Trinajstić information content (AvgIpc) is 2.45. The normalized spacial score (nSPS) is 19.2. The minimum atomic E-state index is -1.23. The van der Waals surface area contributed by atoms with Crippen LogP contribution in [0.4, 0.5) is 0 Å². The predicted octanol–water partition coefficient (Wildman–Crippen LogP) is -6.64. The number of rotatable bonds is 6. The molecule has 1 saturated heterocycles. The molecule has 0 atom stereocenters. The molecule has 1 fully saturated rings. The predicted molar refractivity (Wildman–Crippen MR) is 83.0 cm³/mol. The first kappa shape index (κ1) is 24.1. The first-order chi connectivity index (χ1) is 11.4. The molecule has 140 valence electrons. The molecular formula is C14H23BiN4O6. The van der Waals surface area contributed by atoms with Gasteiger partial charge in [0.2, 0.25) is 0 Å². The molecule has 0 aromatic carbocycles. The van der Waals surface area contributed by atoms with Crippen LogP contribution in [0.5, 0.6) is 0 Å². The van der Waals surface area contributed by atoms with Crippen LogP contribution in [0.15, 0.2) is 0 Å². The SMILES string of the molecule is O=C([O-])CN1CCNCCN(CC(=O)[O-])CCN(CC(=O)[O-])CC1.[Bi+3]. The summed E-state index contributed by atoms with van der Waals surface area (Å²) in [6.07, 6.45) is 0. The van der Waals surface area contributed by atoms with E-state index < -0.39 is 17.9 Å². The van der Waals surface area contributed by atoms with Crippen LogP contribution in [-0.2, 0) is 14.4 Å². The van der Waals surface area contributed by atoms with E-state index in [-0.39, 0.29) is 45.8 Å². The van der Waals surface area contributed by atoms with Crippen LogP contribution in [0, 0.1) is 0 Å². The number of carboxylic acids is 3. The van der Waals surface area contributed by atoms with Gasteiger partial charge in [-0.05, 0) is 0 Å². The molecule has 0 saturated carbocycles. The van der Waals surface area contributed by atoms with Crippen LogP contribution < -0.4 is 20.6 Å². The Morgan fingerprint density at radius 3 is 1.20 bits per heavy atom. The molecule has 1 N–H and O–H groups in total. The van der Waals surface area contributed by atoms with Crippen molar-refractivity contribution in [1.29, 1.82) is 0 Å². The van der Waals surface area contributed by atoms with Gasteiger partial charge < -0.3 is 35.0 Å². The summed E-state index contributed by atoms with van der Waals surface area (Å²) in [5.41, 5.74) is 0. The summed E-state index contributed by atoms with van der Waals surface area (Å²) in [7, 11) is 0. The molecule has 25 heavy (non-hydrogen) atoms. The molecule has 10 nitrogen and oxygen atoms in total. The van der Waals surface area contributed by atoms with Gasteiger partial charge in [0.1, 0.15) is 0 Å². The van der Waals surface area contributed by atoms with Gasteiger partial charge in [0.25, 0.3) is 0 Å². The zero-order valence-corrected chi connectivity index (χ0v) is 17.5. The molecule has 0 spiro atoms. The van der Waals surface area contributed by atoms with Crippen molar-refractivity contribution in [2.45, 2.75) is 0 Å².